The van der Waals surface area contributed by atoms with E-state index in [9.17, 15) is 32.7 Å². The van der Waals surface area contributed by atoms with E-state index in [2.05, 4.69) is 10.6 Å². The molecule has 1 heterocycles. The molecular weight excluding hydrogens is 491 g/mol. The molecule has 0 saturated carbocycles. The molecule has 0 aliphatic carbocycles. The fourth-order valence-electron chi connectivity index (χ4n) is 3.65. The quantitative estimate of drug-likeness (QED) is 0.381. The molecule has 0 fully saturated rings. The summed E-state index contributed by atoms with van der Waals surface area (Å²) >= 11 is 0. The standard InChI is InChI=1S/C26H26F3N3O5/c1-3-37-22(34)15-20(30-25(36)31-23-21(33)11-12-32(2)24(23)35)18-6-4-5-17(14-18)13-16-7-9-19(10-8-16)26(27,28)29/h4-12,14,20,33H,3,13,15H2,1-2H3,(H2,30,31,36)/t20-/m0/s1. The molecule has 0 radical (unpaired) electrons. The maximum absolute atomic E-state index is 12.8. The smallest absolute Gasteiger partial charge is 0.416 e. The number of anilines is 1. The van der Waals surface area contributed by atoms with Crippen molar-refractivity contribution < 1.29 is 32.6 Å². The normalized spacial score (nSPS) is 12.0. The minimum absolute atomic E-state index is 0.139. The molecule has 3 N–H and O–H groups in total. The Hall–Kier alpha value is -4.28. The number of carbonyl (C=O) groups excluding carboxylic acids is 2. The van der Waals surface area contributed by atoms with E-state index in [1.54, 1.807) is 31.2 Å². The van der Waals surface area contributed by atoms with Crippen molar-refractivity contribution in [2.45, 2.75) is 32.0 Å². The Labute approximate surface area is 210 Å². The number of benzene rings is 2. The lowest BCUT2D eigenvalue weighted by molar-refractivity contribution is -0.143. The third-order valence-corrected chi connectivity index (χ3v) is 5.51. The zero-order valence-corrected chi connectivity index (χ0v) is 20.1. The monoisotopic (exact) mass is 517 g/mol. The van der Waals surface area contributed by atoms with Crippen LogP contribution in [0.15, 0.2) is 65.6 Å². The van der Waals surface area contributed by atoms with Crippen LogP contribution >= 0.6 is 0 Å². The highest BCUT2D eigenvalue weighted by Gasteiger charge is 2.30. The predicted molar refractivity (Wildman–Crippen MR) is 130 cm³/mol. The molecule has 0 saturated heterocycles. The van der Waals surface area contributed by atoms with Gasteiger partial charge in [0, 0.05) is 13.2 Å². The van der Waals surface area contributed by atoms with Gasteiger partial charge in [-0.2, -0.15) is 13.2 Å². The van der Waals surface area contributed by atoms with E-state index in [-0.39, 0.29) is 18.7 Å². The lowest BCUT2D eigenvalue weighted by Crippen LogP contribution is -2.36. The lowest BCUT2D eigenvalue weighted by atomic mass is 9.97. The van der Waals surface area contributed by atoms with Gasteiger partial charge in [-0.15, -0.1) is 0 Å². The zero-order valence-electron chi connectivity index (χ0n) is 20.1. The molecule has 3 rings (SSSR count). The van der Waals surface area contributed by atoms with E-state index in [4.69, 9.17) is 4.74 Å². The van der Waals surface area contributed by atoms with Crippen molar-refractivity contribution in [1.82, 2.24) is 9.88 Å². The van der Waals surface area contributed by atoms with Crippen LogP contribution in [0.5, 0.6) is 5.75 Å². The number of aromatic nitrogens is 1. The molecule has 2 amide bonds. The van der Waals surface area contributed by atoms with E-state index >= 15 is 0 Å². The molecule has 11 heteroatoms. The SMILES string of the molecule is CCOC(=O)C[C@H](NC(=O)Nc1c(O)ccn(C)c1=O)c1cccc(Cc2ccc(C(F)(F)F)cc2)c1. The van der Waals surface area contributed by atoms with Crippen LogP contribution in [-0.4, -0.2) is 28.3 Å². The van der Waals surface area contributed by atoms with Gasteiger partial charge in [0.25, 0.3) is 5.56 Å². The van der Waals surface area contributed by atoms with Crippen molar-refractivity contribution in [3.63, 3.8) is 0 Å². The first-order chi connectivity index (χ1) is 17.5. The molecule has 1 aromatic heterocycles. The summed E-state index contributed by atoms with van der Waals surface area (Å²) in [4.78, 5) is 37.2. The van der Waals surface area contributed by atoms with Gasteiger partial charge in [-0.3, -0.25) is 9.59 Å². The second kappa shape index (κ2) is 11.6. The Bertz CT molecular complexity index is 1320. The molecule has 0 bridgehead atoms. The second-order valence-corrected chi connectivity index (χ2v) is 8.27. The van der Waals surface area contributed by atoms with Crippen LogP contribution < -0.4 is 16.2 Å². The number of pyridine rings is 1. The van der Waals surface area contributed by atoms with Gasteiger partial charge in [0.15, 0.2) is 5.69 Å². The minimum atomic E-state index is -4.42. The van der Waals surface area contributed by atoms with Crippen molar-refractivity contribution in [1.29, 1.82) is 0 Å². The number of hydrogen-bond acceptors (Lipinski definition) is 5. The van der Waals surface area contributed by atoms with Crippen LogP contribution in [0.4, 0.5) is 23.7 Å². The number of halogens is 3. The van der Waals surface area contributed by atoms with E-state index in [0.29, 0.717) is 17.5 Å². The molecule has 2 aromatic carbocycles. The Balaban J connectivity index is 1.82. The van der Waals surface area contributed by atoms with Gasteiger partial charge in [0.05, 0.1) is 24.6 Å². The highest BCUT2D eigenvalue weighted by Crippen LogP contribution is 2.29. The first kappa shape index (κ1) is 27.3. The van der Waals surface area contributed by atoms with Gasteiger partial charge < -0.3 is 25.0 Å². The molecule has 0 spiro atoms. The van der Waals surface area contributed by atoms with Crippen LogP contribution in [0.2, 0.25) is 0 Å². The van der Waals surface area contributed by atoms with Gasteiger partial charge in [-0.25, -0.2) is 4.79 Å². The number of alkyl halides is 3. The van der Waals surface area contributed by atoms with Gasteiger partial charge >= 0.3 is 18.2 Å². The molecular formula is C26H26F3N3O5. The Morgan fingerprint density at radius 3 is 2.43 bits per heavy atom. The van der Waals surface area contributed by atoms with Crippen LogP contribution in [0, 0.1) is 0 Å². The van der Waals surface area contributed by atoms with Crippen LogP contribution in [-0.2, 0) is 29.2 Å². The maximum Gasteiger partial charge on any atom is 0.416 e. The molecule has 0 aliphatic rings. The van der Waals surface area contributed by atoms with E-state index in [0.717, 1.165) is 17.7 Å². The maximum atomic E-state index is 12.8. The number of aromatic hydroxyl groups is 1. The molecule has 0 aliphatic heterocycles. The van der Waals surface area contributed by atoms with Crippen molar-refractivity contribution >= 4 is 17.7 Å². The van der Waals surface area contributed by atoms with Crippen LogP contribution in [0.3, 0.4) is 0 Å². The third-order valence-electron chi connectivity index (χ3n) is 5.51. The molecule has 8 nitrogen and oxygen atoms in total. The van der Waals surface area contributed by atoms with Gasteiger partial charge in [-0.05, 0) is 48.2 Å². The molecule has 37 heavy (non-hydrogen) atoms. The number of carbonyl (C=O) groups is 2. The number of amides is 2. The number of rotatable bonds is 8. The van der Waals surface area contributed by atoms with E-state index < -0.39 is 41.1 Å². The Morgan fingerprint density at radius 1 is 1.08 bits per heavy atom. The predicted octanol–water partition coefficient (Wildman–Crippen LogP) is 4.52. The average Bonchev–Trinajstić information content (AvgIpc) is 2.84. The summed E-state index contributed by atoms with van der Waals surface area (Å²) < 4.78 is 44.7. The first-order valence-electron chi connectivity index (χ1n) is 11.3. The largest absolute Gasteiger partial charge is 0.505 e. The number of urea groups is 1. The zero-order chi connectivity index (χ0) is 27.2. The van der Waals surface area contributed by atoms with Crippen LogP contribution in [0.1, 0.15) is 41.6 Å². The van der Waals surface area contributed by atoms with Gasteiger partial charge in [0.2, 0.25) is 0 Å². The number of esters is 1. The summed E-state index contributed by atoms with van der Waals surface area (Å²) in [7, 11) is 1.45. The van der Waals surface area contributed by atoms with Crippen molar-refractivity contribution in [3.8, 4) is 5.75 Å². The third kappa shape index (κ3) is 7.35. The summed E-state index contributed by atoms with van der Waals surface area (Å²) in [5, 5.41) is 14.9. The Kier molecular flexibility index (Phi) is 8.59. The van der Waals surface area contributed by atoms with E-state index in [1.165, 1.54) is 36.0 Å². The molecule has 0 unspecified atom stereocenters. The first-order valence-corrected chi connectivity index (χ1v) is 11.3. The number of nitrogens with zero attached hydrogens (tertiary/aromatic N) is 1. The lowest BCUT2D eigenvalue weighted by Gasteiger charge is -2.20. The van der Waals surface area contributed by atoms with Crippen molar-refractivity contribution in [3.05, 3.63) is 93.4 Å². The topological polar surface area (TPSA) is 110 Å². The highest BCUT2D eigenvalue weighted by molar-refractivity contribution is 5.91. The summed E-state index contributed by atoms with van der Waals surface area (Å²) in [6.07, 6.45) is -2.99. The van der Waals surface area contributed by atoms with Crippen molar-refractivity contribution in [2.75, 3.05) is 11.9 Å². The fourth-order valence-corrected chi connectivity index (χ4v) is 3.65. The number of nitrogens with one attached hydrogen (secondary N) is 2. The number of aryl methyl sites for hydroxylation is 1. The highest BCUT2D eigenvalue weighted by atomic mass is 19.4. The summed E-state index contributed by atoms with van der Waals surface area (Å²) in [6, 6.07) is 11.2. The van der Waals surface area contributed by atoms with Crippen LogP contribution in [0.25, 0.3) is 0 Å². The molecule has 1 atom stereocenters. The summed E-state index contributed by atoms with van der Waals surface area (Å²) in [5.74, 6) is -0.988. The van der Waals surface area contributed by atoms with E-state index in [1.807, 2.05) is 0 Å². The van der Waals surface area contributed by atoms with Gasteiger partial charge in [-0.1, -0.05) is 36.4 Å². The fraction of sp³-hybridized carbons (Fsp3) is 0.269. The summed E-state index contributed by atoms with van der Waals surface area (Å²) in [6.45, 7) is 1.78. The van der Waals surface area contributed by atoms with Gasteiger partial charge in [0.1, 0.15) is 5.75 Å². The average molecular weight is 518 g/mol. The Morgan fingerprint density at radius 2 is 1.78 bits per heavy atom. The second-order valence-electron chi connectivity index (χ2n) is 8.27. The summed E-state index contributed by atoms with van der Waals surface area (Å²) in [5.41, 5.74) is 0.229. The number of hydrogen-bond donors (Lipinski definition) is 3. The molecule has 196 valence electrons. The molecule has 3 aromatic rings. The van der Waals surface area contributed by atoms with Crippen molar-refractivity contribution in [2.24, 2.45) is 7.05 Å². The minimum Gasteiger partial charge on any atom is -0.505 e. The number of ether oxygens (including phenoxy) is 1.